The van der Waals surface area contributed by atoms with Gasteiger partial charge in [0.1, 0.15) is 0 Å². The number of amides is 2. The first-order valence-electron chi connectivity index (χ1n) is 9.16. The molecule has 0 unspecified atom stereocenters. The maximum Gasteiger partial charge on any atom is 0.254 e. The molecular formula is C20H20N2O4. The maximum atomic E-state index is 12.8. The van der Waals surface area contributed by atoms with E-state index in [4.69, 9.17) is 4.74 Å². The van der Waals surface area contributed by atoms with Crippen LogP contribution in [0.15, 0.2) is 35.5 Å². The average molecular weight is 352 g/mol. The van der Waals surface area contributed by atoms with E-state index in [1.54, 1.807) is 12.1 Å². The number of hydrogen-bond acceptors (Lipinski definition) is 5. The van der Waals surface area contributed by atoms with E-state index in [9.17, 15) is 14.7 Å². The Hall–Kier alpha value is -2.63. The molecule has 2 amide bonds. The van der Waals surface area contributed by atoms with Crippen molar-refractivity contribution in [2.45, 2.75) is 13.3 Å². The van der Waals surface area contributed by atoms with Gasteiger partial charge in [0.05, 0.1) is 24.7 Å². The second-order valence-electron chi connectivity index (χ2n) is 7.55. The molecule has 134 valence electrons. The number of hydrogen-bond donors (Lipinski definition) is 1. The number of allylic oxidation sites excluding steroid dienone is 2. The van der Waals surface area contributed by atoms with Gasteiger partial charge in [0.2, 0.25) is 0 Å². The minimum absolute atomic E-state index is 0.0465. The molecule has 1 N–H and O–H groups in total. The predicted octanol–water partition coefficient (Wildman–Crippen LogP) is 2.18. The predicted molar refractivity (Wildman–Crippen MR) is 93.4 cm³/mol. The van der Waals surface area contributed by atoms with Crippen LogP contribution in [0, 0.1) is 35.5 Å². The Labute approximate surface area is 151 Å². The molecule has 26 heavy (non-hydrogen) atoms. The van der Waals surface area contributed by atoms with E-state index in [0.29, 0.717) is 29.8 Å². The lowest BCUT2D eigenvalue weighted by Gasteiger charge is -2.37. The standard InChI is InChI=1S/C20H20N2O4/c1-2-26-16-7-10(3-6-15(16)23)9-21-22-19(24)17-11-4-5-12(14-8-13(11)14)18(17)20(22)25/h3-7,9,11-14,17-18,23H,2,8H2,1H3/b21-9-/t11-,12-,13-,14+,17+,18+/m0/s1. The third-order valence-electron chi connectivity index (χ3n) is 6.25. The molecular weight excluding hydrogens is 332 g/mol. The maximum absolute atomic E-state index is 12.8. The van der Waals surface area contributed by atoms with E-state index in [0.717, 1.165) is 11.4 Å². The number of carbonyl (C=O) groups is 2. The van der Waals surface area contributed by atoms with Crippen molar-refractivity contribution in [1.29, 1.82) is 0 Å². The molecule has 2 saturated carbocycles. The number of aromatic hydroxyl groups is 1. The zero-order valence-corrected chi connectivity index (χ0v) is 14.4. The van der Waals surface area contributed by atoms with Crippen LogP contribution in [0.5, 0.6) is 11.5 Å². The van der Waals surface area contributed by atoms with Crippen molar-refractivity contribution in [2.24, 2.45) is 40.6 Å². The van der Waals surface area contributed by atoms with Gasteiger partial charge in [-0.15, -0.1) is 0 Å². The summed E-state index contributed by atoms with van der Waals surface area (Å²) in [6.45, 7) is 2.26. The lowest BCUT2D eigenvalue weighted by Crippen LogP contribution is -2.40. The van der Waals surface area contributed by atoms with Gasteiger partial charge in [-0.05, 0) is 60.8 Å². The molecule has 1 aromatic rings. The van der Waals surface area contributed by atoms with Crippen LogP contribution in [0.4, 0.5) is 0 Å². The van der Waals surface area contributed by atoms with Gasteiger partial charge < -0.3 is 9.84 Å². The number of hydrazone groups is 1. The summed E-state index contributed by atoms with van der Waals surface area (Å²) < 4.78 is 5.35. The highest BCUT2D eigenvalue weighted by Crippen LogP contribution is 2.65. The highest BCUT2D eigenvalue weighted by Gasteiger charge is 2.67. The summed E-state index contributed by atoms with van der Waals surface area (Å²) in [5.74, 6) is 1.13. The van der Waals surface area contributed by atoms with Crippen LogP contribution in [-0.4, -0.2) is 34.8 Å². The highest BCUT2D eigenvalue weighted by molar-refractivity contribution is 6.06. The van der Waals surface area contributed by atoms with Crippen LogP contribution >= 0.6 is 0 Å². The smallest absolute Gasteiger partial charge is 0.254 e. The van der Waals surface area contributed by atoms with Crippen molar-refractivity contribution in [3.05, 3.63) is 35.9 Å². The third kappa shape index (κ3) is 2.08. The van der Waals surface area contributed by atoms with E-state index in [1.807, 2.05) is 6.92 Å². The Kier molecular flexibility index (Phi) is 3.26. The Balaban J connectivity index is 1.40. The fraction of sp³-hybridized carbons (Fsp3) is 0.450. The number of phenols is 1. The highest BCUT2D eigenvalue weighted by atomic mass is 16.5. The zero-order chi connectivity index (χ0) is 18.0. The first-order valence-corrected chi connectivity index (χ1v) is 9.16. The molecule has 1 aromatic carbocycles. The average Bonchev–Trinajstić information content (AvgIpc) is 3.42. The van der Waals surface area contributed by atoms with Crippen LogP contribution in [0.1, 0.15) is 18.9 Å². The minimum Gasteiger partial charge on any atom is -0.504 e. The topological polar surface area (TPSA) is 79.2 Å². The van der Waals surface area contributed by atoms with Crippen molar-refractivity contribution in [3.63, 3.8) is 0 Å². The van der Waals surface area contributed by atoms with E-state index < -0.39 is 0 Å². The number of benzene rings is 1. The van der Waals surface area contributed by atoms with Gasteiger partial charge in [0, 0.05) is 0 Å². The van der Waals surface area contributed by atoms with Gasteiger partial charge in [0.25, 0.3) is 11.8 Å². The second-order valence-corrected chi connectivity index (χ2v) is 7.55. The summed E-state index contributed by atoms with van der Waals surface area (Å²) in [6, 6.07) is 4.82. The lowest BCUT2D eigenvalue weighted by atomic mass is 9.63. The SMILES string of the molecule is CCOc1cc(/C=N\N2C(=O)[C@@H]3[C@H]4C=C[C@@H]([C@@H]5C[C@H]45)[C@H]3C2=O)ccc1O. The summed E-state index contributed by atoms with van der Waals surface area (Å²) in [6.07, 6.45) is 6.91. The van der Waals surface area contributed by atoms with Crippen molar-refractivity contribution in [2.75, 3.05) is 6.61 Å². The first-order chi connectivity index (χ1) is 12.6. The summed E-state index contributed by atoms with van der Waals surface area (Å²) in [5, 5.41) is 15.0. The molecule has 1 heterocycles. The third-order valence-corrected chi connectivity index (χ3v) is 6.25. The van der Waals surface area contributed by atoms with Crippen LogP contribution < -0.4 is 4.74 Å². The van der Waals surface area contributed by atoms with Crippen LogP contribution in [0.3, 0.4) is 0 Å². The van der Waals surface area contributed by atoms with Gasteiger partial charge >= 0.3 is 0 Å². The molecule has 3 fully saturated rings. The number of rotatable bonds is 4. The Morgan fingerprint density at radius 2 is 1.85 bits per heavy atom. The van der Waals surface area contributed by atoms with Gasteiger partial charge in [-0.25, -0.2) is 0 Å². The molecule has 2 bridgehead atoms. The Bertz CT molecular complexity index is 825. The molecule has 1 aliphatic heterocycles. The number of nitrogens with zero attached hydrogens (tertiary/aromatic N) is 2. The molecule has 6 nitrogen and oxygen atoms in total. The molecule has 6 rings (SSSR count). The molecule has 4 aliphatic carbocycles. The molecule has 5 aliphatic rings. The molecule has 6 heteroatoms. The number of ether oxygens (including phenoxy) is 1. The molecule has 0 radical (unpaired) electrons. The normalized spacial score (nSPS) is 36.6. The van der Waals surface area contributed by atoms with Gasteiger partial charge in [0.15, 0.2) is 11.5 Å². The van der Waals surface area contributed by atoms with Crippen molar-refractivity contribution in [1.82, 2.24) is 5.01 Å². The van der Waals surface area contributed by atoms with E-state index in [2.05, 4.69) is 17.3 Å². The largest absolute Gasteiger partial charge is 0.504 e. The Morgan fingerprint density at radius 3 is 2.46 bits per heavy atom. The van der Waals surface area contributed by atoms with Gasteiger partial charge in [-0.1, -0.05) is 12.2 Å². The fourth-order valence-corrected chi connectivity index (χ4v) is 5.06. The van der Waals surface area contributed by atoms with Crippen molar-refractivity contribution < 1.29 is 19.4 Å². The van der Waals surface area contributed by atoms with Crippen molar-refractivity contribution >= 4 is 18.0 Å². The zero-order valence-electron chi connectivity index (χ0n) is 14.4. The number of imide groups is 1. The van der Waals surface area contributed by atoms with Gasteiger partial charge in [-0.3, -0.25) is 9.59 Å². The van der Waals surface area contributed by atoms with Crippen LogP contribution in [0.25, 0.3) is 0 Å². The quantitative estimate of drug-likeness (QED) is 0.512. The number of carbonyl (C=O) groups excluding carboxylic acids is 2. The first kappa shape index (κ1) is 15.6. The number of phenolic OH excluding ortho intramolecular Hbond substituents is 1. The van der Waals surface area contributed by atoms with E-state index in [1.165, 1.54) is 12.3 Å². The second kappa shape index (κ2) is 5.43. The molecule has 1 saturated heterocycles. The summed E-state index contributed by atoms with van der Waals surface area (Å²) in [4.78, 5) is 25.7. The minimum atomic E-state index is -0.239. The molecule has 6 atom stereocenters. The summed E-state index contributed by atoms with van der Waals surface area (Å²) in [7, 11) is 0. The molecule has 0 aromatic heterocycles. The Morgan fingerprint density at radius 1 is 1.19 bits per heavy atom. The van der Waals surface area contributed by atoms with Crippen LogP contribution in [-0.2, 0) is 9.59 Å². The lowest BCUT2D eigenvalue weighted by molar-refractivity contribution is -0.140. The van der Waals surface area contributed by atoms with Crippen molar-refractivity contribution in [3.8, 4) is 11.5 Å². The summed E-state index contributed by atoms with van der Waals surface area (Å²) >= 11 is 0. The monoisotopic (exact) mass is 352 g/mol. The van der Waals surface area contributed by atoms with Crippen LogP contribution in [0.2, 0.25) is 0 Å². The summed E-state index contributed by atoms with van der Waals surface area (Å²) in [5.41, 5.74) is 0.658. The van der Waals surface area contributed by atoms with E-state index >= 15 is 0 Å². The molecule has 0 spiro atoms. The van der Waals surface area contributed by atoms with E-state index in [-0.39, 0.29) is 41.2 Å². The fourth-order valence-electron chi connectivity index (χ4n) is 5.06. The van der Waals surface area contributed by atoms with Gasteiger partial charge in [-0.2, -0.15) is 10.1 Å².